The first kappa shape index (κ1) is 17.0. The molecule has 1 amide bonds. The summed E-state index contributed by atoms with van der Waals surface area (Å²) < 4.78 is 1.71. The van der Waals surface area contributed by atoms with Crippen LogP contribution in [0.5, 0.6) is 0 Å². The number of fused-ring (bicyclic) bond motifs is 1. The number of nitrogens with one attached hydrogen (secondary N) is 1. The van der Waals surface area contributed by atoms with Gasteiger partial charge in [-0.15, -0.1) is 0 Å². The molecule has 0 saturated heterocycles. The Morgan fingerprint density at radius 3 is 2.54 bits per heavy atom. The highest BCUT2D eigenvalue weighted by Gasteiger charge is 2.20. The fraction of sp³-hybridized carbons (Fsp3) is 0.350. The zero-order valence-electron chi connectivity index (χ0n) is 14.5. The molecule has 0 spiro atoms. The van der Waals surface area contributed by atoms with Crippen molar-refractivity contribution in [2.24, 2.45) is 0 Å². The van der Waals surface area contributed by atoms with Crippen LogP contribution in [0.1, 0.15) is 48.9 Å². The second kappa shape index (κ2) is 7.46. The molecule has 0 atom stereocenters. The van der Waals surface area contributed by atoms with Gasteiger partial charge in [-0.25, -0.2) is 9.50 Å². The van der Waals surface area contributed by atoms with E-state index in [2.05, 4.69) is 15.4 Å². The summed E-state index contributed by atoms with van der Waals surface area (Å²) in [6, 6.07) is 9.68. The predicted octanol–water partition coefficient (Wildman–Crippen LogP) is 4.50. The van der Waals surface area contributed by atoms with Crippen molar-refractivity contribution in [1.29, 1.82) is 0 Å². The van der Waals surface area contributed by atoms with Gasteiger partial charge in [0.2, 0.25) is 0 Å². The molecule has 0 aliphatic heterocycles. The highest BCUT2D eigenvalue weighted by Crippen LogP contribution is 2.23. The number of hydrogen-bond acceptors (Lipinski definition) is 3. The van der Waals surface area contributed by atoms with E-state index in [4.69, 9.17) is 11.6 Å². The number of nitrogens with zero attached hydrogens (tertiary/aromatic N) is 3. The highest BCUT2D eigenvalue weighted by atomic mass is 35.5. The molecule has 134 valence electrons. The topological polar surface area (TPSA) is 59.3 Å². The Balaban J connectivity index is 1.63. The third-order valence-corrected chi connectivity index (χ3v) is 5.23. The second-order valence-corrected chi connectivity index (χ2v) is 7.23. The Bertz CT molecular complexity index is 911. The molecule has 1 N–H and O–H groups in total. The van der Waals surface area contributed by atoms with Crippen LogP contribution < -0.4 is 5.32 Å². The first-order valence-corrected chi connectivity index (χ1v) is 9.50. The molecule has 26 heavy (non-hydrogen) atoms. The molecular weight excluding hydrogens is 348 g/mol. The molecule has 6 heteroatoms. The second-order valence-electron chi connectivity index (χ2n) is 6.79. The van der Waals surface area contributed by atoms with E-state index >= 15 is 0 Å². The smallest absolute Gasteiger partial charge is 0.256 e. The number of halogens is 1. The van der Waals surface area contributed by atoms with Crippen molar-refractivity contribution in [3.05, 3.63) is 53.3 Å². The van der Waals surface area contributed by atoms with Crippen molar-refractivity contribution in [3.8, 4) is 11.3 Å². The zero-order chi connectivity index (χ0) is 17.9. The first-order valence-electron chi connectivity index (χ1n) is 9.12. The van der Waals surface area contributed by atoms with Gasteiger partial charge in [0, 0.05) is 22.8 Å². The number of benzene rings is 1. The molecule has 5 nitrogen and oxygen atoms in total. The third-order valence-electron chi connectivity index (χ3n) is 4.98. The normalized spacial score (nSPS) is 15.7. The molecule has 0 bridgehead atoms. The largest absolute Gasteiger partial charge is 0.349 e. The van der Waals surface area contributed by atoms with Gasteiger partial charge in [-0.1, -0.05) is 49.4 Å². The third kappa shape index (κ3) is 3.44. The maximum atomic E-state index is 12.8. The lowest BCUT2D eigenvalue weighted by molar-refractivity contribution is 0.0935. The quantitative estimate of drug-likeness (QED) is 0.692. The van der Waals surface area contributed by atoms with Crippen molar-refractivity contribution < 1.29 is 4.79 Å². The summed E-state index contributed by atoms with van der Waals surface area (Å²) in [4.78, 5) is 17.2. The van der Waals surface area contributed by atoms with Gasteiger partial charge in [0.25, 0.3) is 5.91 Å². The molecule has 4 rings (SSSR count). The van der Waals surface area contributed by atoms with Gasteiger partial charge < -0.3 is 5.32 Å². The van der Waals surface area contributed by atoms with Gasteiger partial charge in [0.1, 0.15) is 5.56 Å². The lowest BCUT2D eigenvalue weighted by atomic mass is 10.1. The van der Waals surface area contributed by atoms with Gasteiger partial charge in [0.15, 0.2) is 5.65 Å². The zero-order valence-corrected chi connectivity index (χ0v) is 15.2. The minimum absolute atomic E-state index is 0.0901. The molecule has 2 aromatic heterocycles. The Morgan fingerprint density at radius 2 is 1.81 bits per heavy atom. The summed E-state index contributed by atoms with van der Waals surface area (Å²) >= 11 is 5.98. The Labute approximate surface area is 157 Å². The summed E-state index contributed by atoms with van der Waals surface area (Å²) in [5, 5.41) is 8.26. The van der Waals surface area contributed by atoms with Crippen LogP contribution in [0, 0.1) is 0 Å². The summed E-state index contributed by atoms with van der Waals surface area (Å²) in [6.07, 6.45) is 10.3. The molecule has 1 fully saturated rings. The molecule has 1 aliphatic carbocycles. The maximum Gasteiger partial charge on any atom is 0.256 e. The standard InChI is InChI=1S/C20H21ClN4O/c21-15-9-7-14(8-10-15)18-11-12-22-19-17(13-23-25(18)19)20(26)24-16-5-3-1-2-4-6-16/h7-13,16H,1-6H2,(H,24,26). The van der Waals surface area contributed by atoms with Crippen LogP contribution in [0.4, 0.5) is 0 Å². The van der Waals surface area contributed by atoms with E-state index < -0.39 is 0 Å². The molecule has 0 radical (unpaired) electrons. The van der Waals surface area contributed by atoms with Crippen LogP contribution in [0.2, 0.25) is 5.02 Å². The fourth-order valence-electron chi connectivity index (χ4n) is 3.58. The lowest BCUT2D eigenvalue weighted by Crippen LogP contribution is -2.34. The molecule has 1 saturated carbocycles. The van der Waals surface area contributed by atoms with Crippen LogP contribution in [-0.2, 0) is 0 Å². The Hall–Kier alpha value is -2.40. The van der Waals surface area contributed by atoms with Crippen molar-refractivity contribution in [1.82, 2.24) is 19.9 Å². The Kier molecular flexibility index (Phi) is 4.89. The molecule has 3 aromatic rings. The Morgan fingerprint density at radius 1 is 1.08 bits per heavy atom. The summed E-state index contributed by atoms with van der Waals surface area (Å²) in [5.41, 5.74) is 2.94. The summed E-state index contributed by atoms with van der Waals surface area (Å²) in [7, 11) is 0. The lowest BCUT2D eigenvalue weighted by Gasteiger charge is -2.15. The minimum Gasteiger partial charge on any atom is -0.349 e. The van der Waals surface area contributed by atoms with E-state index in [0.29, 0.717) is 16.2 Å². The van der Waals surface area contributed by atoms with E-state index in [0.717, 1.165) is 24.1 Å². The van der Waals surface area contributed by atoms with Crippen LogP contribution in [0.15, 0.2) is 42.7 Å². The van der Waals surface area contributed by atoms with Gasteiger partial charge >= 0.3 is 0 Å². The number of amides is 1. The minimum atomic E-state index is -0.0901. The SMILES string of the molecule is O=C(NC1CCCCCC1)c1cnn2c(-c3ccc(Cl)cc3)ccnc12. The van der Waals surface area contributed by atoms with E-state index in [1.54, 1.807) is 16.9 Å². The number of rotatable bonds is 3. The van der Waals surface area contributed by atoms with Gasteiger partial charge in [-0.05, 0) is 31.0 Å². The van der Waals surface area contributed by atoms with Gasteiger partial charge in [0.05, 0.1) is 11.9 Å². The molecule has 2 heterocycles. The molecular formula is C20H21ClN4O. The van der Waals surface area contributed by atoms with E-state index in [1.165, 1.54) is 25.7 Å². The molecule has 1 aliphatic rings. The van der Waals surface area contributed by atoms with Crippen molar-refractivity contribution >= 4 is 23.2 Å². The number of carbonyl (C=O) groups excluding carboxylic acids is 1. The molecule has 0 unspecified atom stereocenters. The number of hydrogen-bond donors (Lipinski definition) is 1. The molecule has 1 aromatic carbocycles. The summed E-state index contributed by atoms with van der Waals surface area (Å²) in [6.45, 7) is 0. The van der Waals surface area contributed by atoms with Crippen molar-refractivity contribution in [2.45, 2.75) is 44.6 Å². The summed E-state index contributed by atoms with van der Waals surface area (Å²) in [5.74, 6) is -0.0901. The van der Waals surface area contributed by atoms with Gasteiger partial charge in [-0.3, -0.25) is 4.79 Å². The average molecular weight is 369 g/mol. The fourth-order valence-corrected chi connectivity index (χ4v) is 3.70. The van der Waals surface area contributed by atoms with E-state index in [-0.39, 0.29) is 11.9 Å². The van der Waals surface area contributed by atoms with E-state index in [1.807, 2.05) is 30.3 Å². The van der Waals surface area contributed by atoms with Crippen LogP contribution in [0.25, 0.3) is 16.9 Å². The first-order chi connectivity index (χ1) is 12.7. The van der Waals surface area contributed by atoms with Crippen molar-refractivity contribution in [2.75, 3.05) is 0 Å². The maximum absolute atomic E-state index is 12.8. The predicted molar refractivity (Wildman–Crippen MR) is 102 cm³/mol. The average Bonchev–Trinajstić information content (AvgIpc) is 2.93. The van der Waals surface area contributed by atoms with Crippen LogP contribution >= 0.6 is 11.6 Å². The van der Waals surface area contributed by atoms with Crippen LogP contribution in [0.3, 0.4) is 0 Å². The van der Waals surface area contributed by atoms with Crippen molar-refractivity contribution in [3.63, 3.8) is 0 Å². The monoisotopic (exact) mass is 368 g/mol. The number of aromatic nitrogens is 3. The number of carbonyl (C=O) groups is 1. The van der Waals surface area contributed by atoms with Gasteiger partial charge in [-0.2, -0.15) is 5.10 Å². The van der Waals surface area contributed by atoms with E-state index in [9.17, 15) is 4.79 Å². The van der Waals surface area contributed by atoms with Crippen LogP contribution in [-0.4, -0.2) is 26.5 Å². The highest BCUT2D eigenvalue weighted by molar-refractivity contribution is 6.30.